The zero-order chi connectivity index (χ0) is 10.3. The number of hydrogen-bond acceptors (Lipinski definition) is 2. The third-order valence-corrected chi connectivity index (χ3v) is 1.36. The summed E-state index contributed by atoms with van der Waals surface area (Å²) in [4.78, 5) is 0. The van der Waals surface area contributed by atoms with Gasteiger partial charge >= 0.3 is 0 Å². The van der Waals surface area contributed by atoms with Crippen LogP contribution in [0.3, 0.4) is 0 Å². The summed E-state index contributed by atoms with van der Waals surface area (Å²) in [6.45, 7) is 7.57. The largest absolute Gasteiger partial charge is 0.444 e. The van der Waals surface area contributed by atoms with E-state index >= 15 is 0 Å². The zero-order valence-electron chi connectivity index (χ0n) is 8.72. The van der Waals surface area contributed by atoms with Crippen molar-refractivity contribution in [3.05, 3.63) is 29.8 Å². The lowest BCUT2D eigenvalue weighted by atomic mass is 10.2. The fourth-order valence-corrected chi connectivity index (χ4v) is 0.836. The van der Waals surface area contributed by atoms with Crippen LogP contribution < -0.4 is 4.74 Å². The molecule has 1 N–H and O–H groups in total. The van der Waals surface area contributed by atoms with Crippen molar-refractivity contribution in [2.45, 2.75) is 27.7 Å². The molecule has 0 aliphatic rings. The van der Waals surface area contributed by atoms with Crippen LogP contribution in [-0.2, 0) is 0 Å². The van der Waals surface area contributed by atoms with Crippen molar-refractivity contribution in [2.75, 3.05) is 0 Å². The lowest BCUT2D eigenvalue weighted by Gasteiger charge is -2.04. The molecule has 1 aromatic rings. The molecule has 0 aromatic heterocycles. The molecule has 0 heterocycles. The number of rotatable bonds is 1. The van der Waals surface area contributed by atoms with Gasteiger partial charge in [-0.15, -0.1) is 0 Å². The summed E-state index contributed by atoms with van der Waals surface area (Å²) in [6, 6.07) is 7.65. The van der Waals surface area contributed by atoms with E-state index in [9.17, 15) is 0 Å². The number of ether oxygens (including phenoxy) is 1. The summed E-state index contributed by atoms with van der Waals surface area (Å²) in [6.07, 6.45) is 0. The van der Waals surface area contributed by atoms with Crippen molar-refractivity contribution in [2.24, 2.45) is 0 Å². The molecule has 0 atom stereocenters. The van der Waals surface area contributed by atoms with Crippen LogP contribution >= 0.6 is 0 Å². The van der Waals surface area contributed by atoms with Crippen molar-refractivity contribution in [1.82, 2.24) is 0 Å². The first kappa shape index (κ1) is 11.7. The van der Waals surface area contributed by atoms with Gasteiger partial charge < -0.3 is 4.74 Å². The van der Waals surface area contributed by atoms with Gasteiger partial charge in [-0.3, -0.25) is 5.41 Å². The zero-order valence-corrected chi connectivity index (χ0v) is 8.72. The molecule has 72 valence electrons. The number of para-hydroxylation sites is 1. The Kier molecular flexibility index (Phi) is 5.60. The van der Waals surface area contributed by atoms with Gasteiger partial charge in [-0.1, -0.05) is 32.0 Å². The third-order valence-electron chi connectivity index (χ3n) is 1.36. The van der Waals surface area contributed by atoms with Crippen LogP contribution in [0.25, 0.3) is 0 Å². The Labute approximate surface area is 80.1 Å². The lowest BCUT2D eigenvalue weighted by molar-refractivity contribution is 0.537. The highest BCUT2D eigenvalue weighted by atomic mass is 16.5. The summed E-state index contributed by atoms with van der Waals surface area (Å²) in [7, 11) is 0. The maximum atomic E-state index is 7.11. The van der Waals surface area contributed by atoms with Gasteiger partial charge in [0.05, 0.1) is 0 Å². The molecule has 0 aliphatic heterocycles. The van der Waals surface area contributed by atoms with E-state index < -0.39 is 0 Å². The second-order valence-corrected chi connectivity index (χ2v) is 2.42. The average Bonchev–Trinajstić information content (AvgIpc) is 2.12. The summed E-state index contributed by atoms with van der Waals surface area (Å²) >= 11 is 0. The Morgan fingerprint density at radius 1 is 1.23 bits per heavy atom. The highest BCUT2D eigenvalue weighted by Crippen LogP contribution is 2.15. The van der Waals surface area contributed by atoms with E-state index in [0.717, 1.165) is 11.3 Å². The Balaban J connectivity index is 0.000000671. The summed E-state index contributed by atoms with van der Waals surface area (Å²) in [5.41, 5.74) is 1.05. The average molecular weight is 179 g/mol. The highest BCUT2D eigenvalue weighted by molar-refractivity contribution is 5.72. The number of aryl methyl sites for hydroxylation is 1. The Bertz CT molecular complexity index is 269. The highest BCUT2D eigenvalue weighted by Gasteiger charge is 1.96. The van der Waals surface area contributed by atoms with Gasteiger partial charge in [0.25, 0.3) is 0 Å². The molecule has 0 amide bonds. The van der Waals surface area contributed by atoms with Gasteiger partial charge in [0, 0.05) is 6.92 Å². The van der Waals surface area contributed by atoms with Crippen molar-refractivity contribution in [3.8, 4) is 5.75 Å². The third kappa shape index (κ3) is 4.31. The monoisotopic (exact) mass is 179 g/mol. The number of hydrogen-bond donors (Lipinski definition) is 1. The number of benzene rings is 1. The minimum Gasteiger partial charge on any atom is -0.444 e. The first-order valence-electron chi connectivity index (χ1n) is 4.49. The van der Waals surface area contributed by atoms with Crippen molar-refractivity contribution < 1.29 is 4.74 Å². The van der Waals surface area contributed by atoms with Crippen molar-refractivity contribution in [3.63, 3.8) is 0 Å². The fraction of sp³-hybridized carbons (Fsp3) is 0.364. The fourth-order valence-electron chi connectivity index (χ4n) is 0.836. The molecule has 0 fully saturated rings. The quantitative estimate of drug-likeness (QED) is 0.520. The van der Waals surface area contributed by atoms with Gasteiger partial charge in [-0.25, -0.2) is 0 Å². The van der Waals surface area contributed by atoms with Crippen LogP contribution in [-0.4, -0.2) is 5.90 Å². The molecule has 1 aromatic carbocycles. The summed E-state index contributed by atoms with van der Waals surface area (Å²) < 4.78 is 5.13. The molecule has 0 saturated carbocycles. The standard InChI is InChI=1S/C9H11NO.C2H6/c1-7-5-3-4-6-9(7)11-8(2)10;1-2/h3-6,10H,1-2H3;1-2H3. The molecular weight excluding hydrogens is 162 g/mol. The van der Waals surface area contributed by atoms with E-state index in [-0.39, 0.29) is 5.90 Å². The minimum absolute atomic E-state index is 0.222. The molecule has 13 heavy (non-hydrogen) atoms. The first-order valence-corrected chi connectivity index (χ1v) is 4.49. The van der Waals surface area contributed by atoms with E-state index in [4.69, 9.17) is 10.1 Å². The van der Waals surface area contributed by atoms with Gasteiger partial charge in [0.1, 0.15) is 5.75 Å². The van der Waals surface area contributed by atoms with Gasteiger partial charge in [0.15, 0.2) is 5.90 Å². The van der Waals surface area contributed by atoms with Crippen LogP contribution in [0, 0.1) is 12.3 Å². The molecule has 0 saturated heterocycles. The minimum atomic E-state index is 0.222. The van der Waals surface area contributed by atoms with Gasteiger partial charge in [0.2, 0.25) is 0 Å². The normalized spacial score (nSPS) is 8.31. The van der Waals surface area contributed by atoms with Crippen molar-refractivity contribution in [1.29, 1.82) is 5.41 Å². The lowest BCUT2D eigenvalue weighted by Crippen LogP contribution is -2.01. The maximum Gasteiger partial charge on any atom is 0.184 e. The van der Waals surface area contributed by atoms with Crippen molar-refractivity contribution >= 4 is 5.90 Å². The van der Waals surface area contributed by atoms with Crippen LogP contribution in [0.5, 0.6) is 5.75 Å². The van der Waals surface area contributed by atoms with E-state index in [1.54, 1.807) is 6.92 Å². The Hall–Kier alpha value is -1.31. The van der Waals surface area contributed by atoms with E-state index in [1.807, 2.05) is 45.0 Å². The first-order chi connectivity index (χ1) is 6.20. The van der Waals surface area contributed by atoms with Gasteiger partial charge in [-0.05, 0) is 18.6 Å². The second kappa shape index (κ2) is 6.23. The topological polar surface area (TPSA) is 33.1 Å². The number of nitrogens with one attached hydrogen (secondary N) is 1. The Morgan fingerprint density at radius 2 is 1.77 bits per heavy atom. The molecule has 0 aliphatic carbocycles. The Morgan fingerprint density at radius 3 is 2.23 bits per heavy atom. The van der Waals surface area contributed by atoms with E-state index in [1.165, 1.54) is 0 Å². The molecule has 0 unspecified atom stereocenters. The van der Waals surface area contributed by atoms with Crippen LogP contribution in [0.15, 0.2) is 24.3 Å². The predicted molar refractivity (Wildman–Crippen MR) is 56.6 cm³/mol. The summed E-state index contributed by atoms with van der Waals surface area (Å²) in [5, 5.41) is 7.11. The predicted octanol–water partition coefficient (Wildman–Crippen LogP) is 3.40. The van der Waals surface area contributed by atoms with E-state index in [2.05, 4.69) is 0 Å². The van der Waals surface area contributed by atoms with E-state index in [0.29, 0.717) is 0 Å². The van der Waals surface area contributed by atoms with Crippen LogP contribution in [0.2, 0.25) is 0 Å². The molecule has 2 nitrogen and oxygen atoms in total. The van der Waals surface area contributed by atoms with Crippen LogP contribution in [0.1, 0.15) is 26.3 Å². The molecular formula is C11H17NO. The molecule has 0 bridgehead atoms. The molecule has 0 radical (unpaired) electrons. The SMILES string of the molecule is CC.CC(=N)Oc1ccccc1C. The summed E-state index contributed by atoms with van der Waals surface area (Å²) in [5.74, 6) is 0.985. The molecule has 2 heteroatoms. The maximum absolute atomic E-state index is 7.11. The molecule has 0 spiro atoms. The van der Waals surface area contributed by atoms with Crippen LogP contribution in [0.4, 0.5) is 0 Å². The smallest absolute Gasteiger partial charge is 0.184 e. The second-order valence-electron chi connectivity index (χ2n) is 2.42. The van der Waals surface area contributed by atoms with Gasteiger partial charge in [-0.2, -0.15) is 0 Å². The molecule has 1 rings (SSSR count).